The molecule has 3 rings (SSSR count). The minimum Gasteiger partial charge on any atom is -0.468 e. The molecule has 1 aliphatic heterocycles. The van der Waals surface area contributed by atoms with E-state index in [2.05, 4.69) is 21.2 Å². The molecule has 17 heavy (non-hydrogen) atoms. The Morgan fingerprint density at radius 3 is 3.24 bits per heavy atom. The summed E-state index contributed by atoms with van der Waals surface area (Å²) in [6.45, 7) is 3.16. The van der Waals surface area contributed by atoms with Crippen molar-refractivity contribution in [2.45, 2.75) is 25.3 Å². The molecule has 4 heteroatoms. The molecule has 1 aliphatic rings. The lowest BCUT2D eigenvalue weighted by atomic mass is 9.95. The van der Waals surface area contributed by atoms with Crippen molar-refractivity contribution in [1.82, 2.24) is 15.1 Å². The molecule has 4 nitrogen and oxygen atoms in total. The van der Waals surface area contributed by atoms with Gasteiger partial charge in [-0.15, -0.1) is 0 Å². The number of aromatic amines is 1. The quantitative estimate of drug-likeness (QED) is 0.882. The predicted octanol–water partition coefficient (Wildman–Crippen LogP) is 2.38. The summed E-state index contributed by atoms with van der Waals surface area (Å²) in [6, 6.07) is 6.08. The summed E-state index contributed by atoms with van der Waals surface area (Å²) in [5.74, 6) is 1.64. The van der Waals surface area contributed by atoms with Crippen molar-refractivity contribution in [1.29, 1.82) is 0 Å². The maximum absolute atomic E-state index is 5.40. The summed E-state index contributed by atoms with van der Waals surface area (Å²) in [5.41, 5.74) is 1.26. The van der Waals surface area contributed by atoms with E-state index in [1.807, 2.05) is 18.3 Å². The highest BCUT2D eigenvalue weighted by Crippen LogP contribution is 2.26. The number of hydrogen-bond donors (Lipinski definition) is 1. The largest absolute Gasteiger partial charge is 0.468 e. The van der Waals surface area contributed by atoms with E-state index >= 15 is 0 Å². The lowest BCUT2D eigenvalue weighted by Gasteiger charge is -2.31. The van der Waals surface area contributed by atoms with Crippen LogP contribution in [0.2, 0.25) is 0 Å². The normalized spacial score (nSPS) is 21.8. The number of hydrogen-bond acceptors (Lipinski definition) is 3. The second-order valence-electron chi connectivity index (χ2n) is 4.67. The van der Waals surface area contributed by atoms with Crippen LogP contribution in [0.3, 0.4) is 0 Å². The first kappa shape index (κ1) is 10.6. The molecule has 0 saturated carbocycles. The van der Waals surface area contributed by atoms with E-state index in [1.54, 1.807) is 6.26 Å². The van der Waals surface area contributed by atoms with Gasteiger partial charge in [0.2, 0.25) is 0 Å². The van der Waals surface area contributed by atoms with Crippen molar-refractivity contribution >= 4 is 0 Å². The lowest BCUT2D eigenvalue weighted by Crippen LogP contribution is -2.33. The second kappa shape index (κ2) is 4.75. The molecule has 0 spiro atoms. The summed E-state index contributed by atoms with van der Waals surface area (Å²) >= 11 is 0. The Morgan fingerprint density at radius 1 is 1.47 bits per heavy atom. The number of aromatic nitrogens is 2. The van der Waals surface area contributed by atoms with Gasteiger partial charge in [-0.25, -0.2) is 0 Å². The Kier molecular flexibility index (Phi) is 2.96. The van der Waals surface area contributed by atoms with Gasteiger partial charge in [0.15, 0.2) is 0 Å². The van der Waals surface area contributed by atoms with Crippen LogP contribution in [0.5, 0.6) is 0 Å². The van der Waals surface area contributed by atoms with Crippen LogP contribution in [0.1, 0.15) is 30.2 Å². The molecular formula is C13H17N3O. The van der Waals surface area contributed by atoms with Crippen LogP contribution in [0.4, 0.5) is 0 Å². The third-order valence-corrected chi connectivity index (χ3v) is 3.43. The molecule has 1 saturated heterocycles. The minimum atomic E-state index is 0.584. The monoisotopic (exact) mass is 231 g/mol. The Labute approximate surface area is 101 Å². The fourth-order valence-corrected chi connectivity index (χ4v) is 2.57. The molecule has 2 aromatic rings. The molecule has 90 valence electrons. The Bertz CT molecular complexity index is 435. The number of H-pyrrole nitrogens is 1. The van der Waals surface area contributed by atoms with Gasteiger partial charge in [0.1, 0.15) is 5.76 Å². The predicted molar refractivity (Wildman–Crippen MR) is 64.5 cm³/mol. The lowest BCUT2D eigenvalue weighted by molar-refractivity contribution is 0.185. The topological polar surface area (TPSA) is 45.1 Å². The smallest absolute Gasteiger partial charge is 0.117 e. The van der Waals surface area contributed by atoms with Crippen molar-refractivity contribution in [3.63, 3.8) is 0 Å². The van der Waals surface area contributed by atoms with Gasteiger partial charge in [-0.2, -0.15) is 5.10 Å². The number of nitrogens with one attached hydrogen (secondary N) is 1. The summed E-state index contributed by atoms with van der Waals surface area (Å²) in [4.78, 5) is 2.45. The zero-order chi connectivity index (χ0) is 11.5. The first-order chi connectivity index (χ1) is 8.42. The molecular weight excluding hydrogens is 214 g/mol. The third kappa shape index (κ3) is 2.42. The van der Waals surface area contributed by atoms with Gasteiger partial charge in [-0.3, -0.25) is 10.00 Å². The highest BCUT2D eigenvalue weighted by molar-refractivity contribution is 5.08. The molecule has 1 fully saturated rings. The zero-order valence-electron chi connectivity index (χ0n) is 9.80. The summed E-state index contributed by atoms with van der Waals surface area (Å²) < 4.78 is 5.40. The maximum atomic E-state index is 5.40. The highest BCUT2D eigenvalue weighted by Gasteiger charge is 2.22. The molecule has 0 bridgehead atoms. The van der Waals surface area contributed by atoms with Crippen LogP contribution >= 0.6 is 0 Å². The van der Waals surface area contributed by atoms with Crippen LogP contribution < -0.4 is 0 Å². The standard InChI is InChI=1S/C13H17N3O/c1-3-11(13-5-6-14-15-13)9-16(7-1)10-12-4-2-8-17-12/h2,4-6,8,11H,1,3,7,9-10H2,(H,14,15). The molecule has 0 aliphatic carbocycles. The fourth-order valence-electron chi connectivity index (χ4n) is 2.57. The van der Waals surface area contributed by atoms with Gasteiger partial charge in [0.25, 0.3) is 0 Å². The first-order valence-corrected chi connectivity index (χ1v) is 6.16. The average Bonchev–Trinajstić information content (AvgIpc) is 3.01. The Balaban J connectivity index is 1.64. The van der Waals surface area contributed by atoms with E-state index in [9.17, 15) is 0 Å². The van der Waals surface area contributed by atoms with E-state index in [4.69, 9.17) is 4.42 Å². The van der Waals surface area contributed by atoms with Crippen molar-refractivity contribution in [3.8, 4) is 0 Å². The molecule has 3 heterocycles. The number of furan rings is 1. The van der Waals surface area contributed by atoms with E-state index in [1.165, 1.54) is 18.5 Å². The number of nitrogens with zero attached hydrogens (tertiary/aromatic N) is 2. The van der Waals surface area contributed by atoms with Crippen LogP contribution in [-0.2, 0) is 6.54 Å². The molecule has 0 aromatic carbocycles. The third-order valence-electron chi connectivity index (χ3n) is 3.43. The van der Waals surface area contributed by atoms with E-state index < -0.39 is 0 Å². The molecule has 1 atom stereocenters. The Hall–Kier alpha value is -1.55. The summed E-state index contributed by atoms with van der Waals surface area (Å²) in [7, 11) is 0. The molecule has 1 unspecified atom stereocenters. The van der Waals surface area contributed by atoms with E-state index in [0.29, 0.717) is 5.92 Å². The van der Waals surface area contributed by atoms with Crippen LogP contribution in [0, 0.1) is 0 Å². The van der Waals surface area contributed by atoms with E-state index in [0.717, 1.165) is 25.4 Å². The first-order valence-electron chi connectivity index (χ1n) is 6.16. The van der Waals surface area contributed by atoms with Gasteiger partial charge in [0.05, 0.1) is 12.8 Å². The Morgan fingerprint density at radius 2 is 2.47 bits per heavy atom. The van der Waals surface area contributed by atoms with Crippen molar-refractivity contribution < 1.29 is 4.42 Å². The van der Waals surface area contributed by atoms with Gasteiger partial charge in [-0.1, -0.05) is 0 Å². The van der Waals surface area contributed by atoms with Gasteiger partial charge in [-0.05, 0) is 37.6 Å². The maximum Gasteiger partial charge on any atom is 0.117 e. The molecule has 2 aromatic heterocycles. The summed E-state index contributed by atoms with van der Waals surface area (Å²) in [5, 5.41) is 7.12. The zero-order valence-corrected chi connectivity index (χ0v) is 9.80. The SMILES string of the molecule is c1coc(CN2CCCC(c3ccn[nH]3)C2)c1. The second-order valence-corrected chi connectivity index (χ2v) is 4.67. The van der Waals surface area contributed by atoms with Crippen molar-refractivity contribution in [2.75, 3.05) is 13.1 Å². The number of rotatable bonds is 3. The van der Waals surface area contributed by atoms with Crippen molar-refractivity contribution in [3.05, 3.63) is 42.1 Å². The average molecular weight is 231 g/mol. The van der Waals surface area contributed by atoms with Crippen molar-refractivity contribution in [2.24, 2.45) is 0 Å². The van der Waals surface area contributed by atoms with Gasteiger partial charge in [0, 0.05) is 24.4 Å². The van der Waals surface area contributed by atoms with Gasteiger partial charge >= 0.3 is 0 Å². The minimum absolute atomic E-state index is 0.584. The van der Waals surface area contributed by atoms with Crippen LogP contribution in [-0.4, -0.2) is 28.2 Å². The molecule has 0 radical (unpaired) electrons. The number of piperidine rings is 1. The molecule has 1 N–H and O–H groups in total. The molecule has 0 amide bonds. The number of likely N-dealkylation sites (tertiary alicyclic amines) is 1. The highest BCUT2D eigenvalue weighted by atomic mass is 16.3. The summed E-state index contributed by atoms with van der Waals surface area (Å²) in [6.07, 6.45) is 6.06. The van der Waals surface area contributed by atoms with Crippen LogP contribution in [0.15, 0.2) is 35.1 Å². The fraction of sp³-hybridized carbons (Fsp3) is 0.462. The van der Waals surface area contributed by atoms with E-state index in [-0.39, 0.29) is 0 Å². The van der Waals surface area contributed by atoms with Crippen LogP contribution in [0.25, 0.3) is 0 Å². The van der Waals surface area contributed by atoms with Gasteiger partial charge < -0.3 is 4.42 Å².